The number of hydrogen-bond acceptors (Lipinski definition) is 3. The van der Waals surface area contributed by atoms with Gasteiger partial charge in [-0.05, 0) is 37.1 Å². The minimum atomic E-state index is 0.0580. The maximum atomic E-state index is 12.3. The van der Waals surface area contributed by atoms with Crippen LogP contribution in [0, 0.1) is 0 Å². The van der Waals surface area contributed by atoms with Crippen LogP contribution in [0.3, 0.4) is 0 Å². The molecule has 2 amide bonds. The lowest BCUT2D eigenvalue weighted by atomic mass is 10.1. The van der Waals surface area contributed by atoms with Crippen molar-refractivity contribution in [2.75, 3.05) is 44.3 Å². The number of carbonyl (C=O) groups is 1. The number of halogens is 1. The van der Waals surface area contributed by atoms with Crippen LogP contribution in [0.5, 0.6) is 0 Å². The summed E-state index contributed by atoms with van der Waals surface area (Å²) in [6.07, 6.45) is 1.83. The topological polar surface area (TPSA) is 44.8 Å². The summed E-state index contributed by atoms with van der Waals surface area (Å²) in [5.41, 5.74) is 1.16. The molecular formula is C16H22ClN3O2. The third kappa shape index (κ3) is 3.84. The highest BCUT2D eigenvalue weighted by atomic mass is 35.5. The van der Waals surface area contributed by atoms with Crippen LogP contribution < -0.4 is 10.2 Å². The molecule has 3 rings (SSSR count). The lowest BCUT2D eigenvalue weighted by Gasteiger charge is -2.37. The van der Waals surface area contributed by atoms with Crippen molar-refractivity contribution >= 4 is 23.3 Å². The van der Waals surface area contributed by atoms with E-state index in [0.29, 0.717) is 0 Å². The molecule has 0 saturated carbocycles. The van der Waals surface area contributed by atoms with Gasteiger partial charge in [0, 0.05) is 56.1 Å². The minimum Gasteiger partial charge on any atom is -0.381 e. The summed E-state index contributed by atoms with van der Waals surface area (Å²) in [5, 5.41) is 3.87. The number of benzene rings is 1. The normalized spacial score (nSPS) is 20.0. The molecule has 1 N–H and O–H groups in total. The molecule has 1 aromatic rings. The lowest BCUT2D eigenvalue weighted by molar-refractivity contribution is 0.0779. The fourth-order valence-corrected chi connectivity index (χ4v) is 3.05. The van der Waals surface area contributed by atoms with Crippen LogP contribution in [-0.2, 0) is 4.74 Å². The summed E-state index contributed by atoms with van der Waals surface area (Å²) in [7, 11) is 0. The van der Waals surface area contributed by atoms with Crippen LogP contribution in [0.25, 0.3) is 0 Å². The van der Waals surface area contributed by atoms with Crippen molar-refractivity contribution in [2.24, 2.45) is 0 Å². The number of rotatable bonds is 2. The second-order valence-corrected chi connectivity index (χ2v) is 6.22. The molecule has 0 spiro atoms. The zero-order valence-corrected chi connectivity index (χ0v) is 13.4. The first-order chi connectivity index (χ1) is 10.7. The van der Waals surface area contributed by atoms with Gasteiger partial charge in [-0.25, -0.2) is 4.79 Å². The Bertz CT molecular complexity index is 495. The molecule has 1 aromatic carbocycles. The summed E-state index contributed by atoms with van der Waals surface area (Å²) in [5.74, 6) is 0. The van der Waals surface area contributed by atoms with Crippen LogP contribution in [0.1, 0.15) is 12.8 Å². The van der Waals surface area contributed by atoms with Gasteiger partial charge in [-0.15, -0.1) is 0 Å². The Morgan fingerprint density at radius 1 is 1.09 bits per heavy atom. The molecule has 120 valence electrons. The van der Waals surface area contributed by atoms with Crippen molar-refractivity contribution in [1.82, 2.24) is 10.2 Å². The Labute approximate surface area is 136 Å². The van der Waals surface area contributed by atoms with Gasteiger partial charge in [-0.1, -0.05) is 11.6 Å². The van der Waals surface area contributed by atoms with E-state index < -0.39 is 0 Å². The maximum Gasteiger partial charge on any atom is 0.317 e. The predicted molar refractivity (Wildman–Crippen MR) is 87.6 cm³/mol. The third-order valence-electron chi connectivity index (χ3n) is 4.31. The summed E-state index contributed by atoms with van der Waals surface area (Å²) < 4.78 is 5.32. The summed E-state index contributed by atoms with van der Waals surface area (Å²) in [4.78, 5) is 16.5. The molecule has 2 saturated heterocycles. The Morgan fingerprint density at radius 2 is 1.73 bits per heavy atom. The predicted octanol–water partition coefficient (Wildman–Crippen LogP) is 2.35. The quantitative estimate of drug-likeness (QED) is 0.908. The van der Waals surface area contributed by atoms with Gasteiger partial charge in [0.05, 0.1) is 0 Å². The van der Waals surface area contributed by atoms with Gasteiger partial charge in [-0.3, -0.25) is 0 Å². The Hall–Kier alpha value is -1.46. The van der Waals surface area contributed by atoms with Crippen molar-refractivity contribution in [3.05, 3.63) is 29.3 Å². The van der Waals surface area contributed by atoms with Gasteiger partial charge >= 0.3 is 6.03 Å². The molecule has 0 bridgehead atoms. The first kappa shape index (κ1) is 15.4. The molecule has 0 aliphatic carbocycles. The number of anilines is 1. The first-order valence-electron chi connectivity index (χ1n) is 7.86. The smallest absolute Gasteiger partial charge is 0.317 e. The van der Waals surface area contributed by atoms with E-state index in [9.17, 15) is 4.79 Å². The van der Waals surface area contributed by atoms with Crippen molar-refractivity contribution in [2.45, 2.75) is 18.9 Å². The van der Waals surface area contributed by atoms with E-state index >= 15 is 0 Å². The van der Waals surface area contributed by atoms with E-state index in [-0.39, 0.29) is 12.1 Å². The molecule has 0 atom stereocenters. The molecule has 22 heavy (non-hydrogen) atoms. The van der Waals surface area contributed by atoms with Crippen LogP contribution in [0.2, 0.25) is 5.02 Å². The van der Waals surface area contributed by atoms with E-state index in [1.54, 1.807) is 0 Å². The highest BCUT2D eigenvalue weighted by molar-refractivity contribution is 6.30. The molecule has 0 unspecified atom stereocenters. The zero-order valence-electron chi connectivity index (χ0n) is 12.6. The lowest BCUT2D eigenvalue weighted by Crippen LogP contribution is -2.54. The third-order valence-corrected chi connectivity index (χ3v) is 4.56. The van der Waals surface area contributed by atoms with Gasteiger partial charge in [0.2, 0.25) is 0 Å². The van der Waals surface area contributed by atoms with Crippen molar-refractivity contribution in [3.8, 4) is 0 Å². The maximum absolute atomic E-state index is 12.3. The monoisotopic (exact) mass is 323 g/mol. The number of carbonyl (C=O) groups excluding carboxylic acids is 1. The van der Waals surface area contributed by atoms with Crippen LogP contribution in [-0.4, -0.2) is 56.4 Å². The summed E-state index contributed by atoms with van der Waals surface area (Å²) >= 11 is 5.92. The molecule has 0 aromatic heterocycles. The molecule has 5 nitrogen and oxygen atoms in total. The second-order valence-electron chi connectivity index (χ2n) is 5.79. The largest absolute Gasteiger partial charge is 0.381 e. The number of nitrogens with one attached hydrogen (secondary N) is 1. The van der Waals surface area contributed by atoms with E-state index in [2.05, 4.69) is 10.2 Å². The Kier molecular flexibility index (Phi) is 5.05. The fourth-order valence-electron chi connectivity index (χ4n) is 2.93. The second kappa shape index (κ2) is 7.20. The molecule has 2 aliphatic heterocycles. The minimum absolute atomic E-state index is 0.0580. The van der Waals surface area contributed by atoms with Crippen molar-refractivity contribution in [3.63, 3.8) is 0 Å². The van der Waals surface area contributed by atoms with Crippen molar-refractivity contribution < 1.29 is 9.53 Å². The molecule has 2 fully saturated rings. The van der Waals surface area contributed by atoms with Gasteiger partial charge in [0.15, 0.2) is 0 Å². The number of hydrogen-bond donors (Lipinski definition) is 1. The van der Waals surface area contributed by atoms with E-state index in [1.807, 2.05) is 29.2 Å². The summed E-state index contributed by atoms with van der Waals surface area (Å²) in [6.45, 7) is 4.69. The molecule has 0 radical (unpaired) electrons. The molecule has 6 heteroatoms. The van der Waals surface area contributed by atoms with E-state index in [0.717, 1.165) is 62.9 Å². The van der Waals surface area contributed by atoms with Crippen LogP contribution in [0.15, 0.2) is 24.3 Å². The van der Waals surface area contributed by atoms with Gasteiger partial charge in [0.1, 0.15) is 0 Å². The number of piperazine rings is 1. The Morgan fingerprint density at radius 3 is 2.36 bits per heavy atom. The number of nitrogens with zero attached hydrogens (tertiary/aromatic N) is 2. The number of amides is 2. The average Bonchev–Trinajstić information content (AvgIpc) is 2.57. The van der Waals surface area contributed by atoms with Crippen LogP contribution in [0.4, 0.5) is 10.5 Å². The molecule has 2 heterocycles. The standard InChI is InChI=1S/C16H22ClN3O2/c17-13-1-3-15(4-2-13)19-7-9-20(10-8-19)16(21)18-14-5-11-22-12-6-14/h1-4,14H,5-12H2,(H,18,21). The van der Waals surface area contributed by atoms with E-state index in [1.165, 1.54) is 0 Å². The average molecular weight is 324 g/mol. The van der Waals surface area contributed by atoms with Crippen LogP contribution >= 0.6 is 11.6 Å². The van der Waals surface area contributed by atoms with Gasteiger partial charge in [-0.2, -0.15) is 0 Å². The number of ether oxygens (including phenoxy) is 1. The highest BCUT2D eigenvalue weighted by Crippen LogP contribution is 2.19. The van der Waals surface area contributed by atoms with Gasteiger partial charge < -0.3 is 19.9 Å². The van der Waals surface area contributed by atoms with E-state index in [4.69, 9.17) is 16.3 Å². The highest BCUT2D eigenvalue weighted by Gasteiger charge is 2.24. The number of urea groups is 1. The summed E-state index contributed by atoms with van der Waals surface area (Å²) in [6, 6.07) is 8.18. The van der Waals surface area contributed by atoms with Gasteiger partial charge in [0.25, 0.3) is 0 Å². The first-order valence-corrected chi connectivity index (χ1v) is 8.24. The van der Waals surface area contributed by atoms with Crippen molar-refractivity contribution in [1.29, 1.82) is 0 Å². The zero-order chi connectivity index (χ0) is 15.4. The Balaban J connectivity index is 1.48. The molecular weight excluding hydrogens is 302 g/mol. The molecule has 2 aliphatic rings. The fraction of sp³-hybridized carbons (Fsp3) is 0.562. The SMILES string of the molecule is O=C(NC1CCOCC1)N1CCN(c2ccc(Cl)cc2)CC1.